The first-order chi connectivity index (χ1) is 14.8. The van der Waals surface area contributed by atoms with Gasteiger partial charge in [-0.1, -0.05) is 0 Å². The van der Waals surface area contributed by atoms with Crippen molar-refractivity contribution in [1.29, 1.82) is 0 Å². The van der Waals surface area contributed by atoms with Crippen LogP contribution in [0.15, 0.2) is 0 Å². The van der Waals surface area contributed by atoms with Crippen molar-refractivity contribution < 1.29 is 4.79 Å². The molecule has 3 heterocycles. The molecule has 0 saturated carbocycles. The van der Waals surface area contributed by atoms with E-state index < -0.39 is 0 Å². The molecule has 8 nitrogen and oxygen atoms in total. The fraction of sp³-hybridized carbons (Fsp3) is 0.957. The second kappa shape index (κ2) is 11.9. The fourth-order valence-electron chi connectivity index (χ4n) is 5.39. The Bertz CT molecular complexity index is 562. The van der Waals surface area contributed by atoms with Crippen LogP contribution < -0.4 is 5.32 Å². The van der Waals surface area contributed by atoms with E-state index in [0.717, 1.165) is 45.3 Å². The summed E-state index contributed by atoms with van der Waals surface area (Å²) in [6.07, 6.45) is 2.60. The van der Waals surface area contributed by atoms with Crippen molar-refractivity contribution >= 4 is 5.91 Å². The van der Waals surface area contributed by atoms with Crippen molar-refractivity contribution in [3.63, 3.8) is 0 Å². The predicted octanol–water partition coefficient (Wildman–Crippen LogP) is -0.619. The van der Waals surface area contributed by atoms with Gasteiger partial charge in [-0.2, -0.15) is 0 Å². The molecule has 0 unspecified atom stereocenters. The van der Waals surface area contributed by atoms with Crippen molar-refractivity contribution in [2.75, 3.05) is 107 Å². The molecule has 31 heavy (non-hydrogen) atoms. The van der Waals surface area contributed by atoms with Gasteiger partial charge in [-0.3, -0.25) is 9.69 Å². The zero-order valence-electron chi connectivity index (χ0n) is 20.7. The van der Waals surface area contributed by atoms with Crippen LogP contribution in [0.25, 0.3) is 0 Å². The molecule has 0 aromatic rings. The number of nitrogens with one attached hydrogen (secondary N) is 1. The first kappa shape index (κ1) is 24.9. The van der Waals surface area contributed by atoms with Gasteiger partial charge in [0.05, 0.1) is 0 Å². The number of hydrogen-bond acceptors (Lipinski definition) is 7. The van der Waals surface area contributed by atoms with Crippen LogP contribution in [0.2, 0.25) is 0 Å². The minimum Gasteiger partial charge on any atom is -0.355 e. The molecule has 1 amide bonds. The molecule has 3 rings (SSSR count). The van der Waals surface area contributed by atoms with E-state index >= 15 is 0 Å². The van der Waals surface area contributed by atoms with Crippen LogP contribution in [0.4, 0.5) is 0 Å². The molecule has 3 atom stereocenters. The van der Waals surface area contributed by atoms with Crippen molar-refractivity contribution in [2.24, 2.45) is 0 Å². The van der Waals surface area contributed by atoms with E-state index in [-0.39, 0.29) is 5.91 Å². The van der Waals surface area contributed by atoms with E-state index in [2.05, 4.69) is 62.9 Å². The lowest BCUT2D eigenvalue weighted by atomic mass is 10.1. The SMILES string of the molecule is CC(=O)NC[C@@H]1CN(C)CCN1CCN(C)[C@H]1CCN(CCN(C)[C@@H]2CCN(C)C2)C1. The summed E-state index contributed by atoms with van der Waals surface area (Å²) < 4.78 is 0. The number of likely N-dealkylation sites (N-methyl/N-ethyl adjacent to an activating group) is 4. The summed E-state index contributed by atoms with van der Waals surface area (Å²) in [6.45, 7) is 15.1. The van der Waals surface area contributed by atoms with E-state index in [1.54, 1.807) is 6.92 Å². The van der Waals surface area contributed by atoms with Gasteiger partial charge in [-0.05, 0) is 54.1 Å². The van der Waals surface area contributed by atoms with Gasteiger partial charge in [0, 0.05) is 90.5 Å². The highest BCUT2D eigenvalue weighted by molar-refractivity contribution is 5.72. The fourth-order valence-corrected chi connectivity index (χ4v) is 5.39. The highest BCUT2D eigenvalue weighted by atomic mass is 16.1. The Morgan fingerprint density at radius 1 is 0.871 bits per heavy atom. The normalized spacial score (nSPS) is 29.5. The van der Waals surface area contributed by atoms with Crippen LogP contribution in [0, 0.1) is 0 Å². The molecule has 0 spiro atoms. The molecule has 8 heteroatoms. The first-order valence-corrected chi connectivity index (χ1v) is 12.3. The molecule has 0 aliphatic carbocycles. The van der Waals surface area contributed by atoms with E-state index in [1.807, 2.05) is 0 Å². The molecule has 180 valence electrons. The zero-order valence-corrected chi connectivity index (χ0v) is 20.7. The summed E-state index contributed by atoms with van der Waals surface area (Å²) in [7, 11) is 9.02. The lowest BCUT2D eigenvalue weighted by molar-refractivity contribution is -0.119. The van der Waals surface area contributed by atoms with Crippen LogP contribution in [0.3, 0.4) is 0 Å². The quantitative estimate of drug-likeness (QED) is 0.489. The van der Waals surface area contributed by atoms with Gasteiger partial charge in [-0.25, -0.2) is 0 Å². The van der Waals surface area contributed by atoms with Crippen LogP contribution in [-0.2, 0) is 4.79 Å². The molecular weight excluding hydrogens is 390 g/mol. The highest BCUT2D eigenvalue weighted by Crippen LogP contribution is 2.17. The Hall–Kier alpha value is -0.770. The van der Waals surface area contributed by atoms with E-state index in [0.29, 0.717) is 12.1 Å². The maximum atomic E-state index is 11.4. The van der Waals surface area contributed by atoms with E-state index in [4.69, 9.17) is 0 Å². The number of carbonyl (C=O) groups excluding carboxylic acids is 1. The largest absolute Gasteiger partial charge is 0.355 e. The lowest BCUT2D eigenvalue weighted by Gasteiger charge is -2.41. The summed E-state index contributed by atoms with van der Waals surface area (Å²) in [5, 5.41) is 3.03. The molecule has 3 aliphatic rings. The Labute approximate surface area is 190 Å². The topological polar surface area (TPSA) is 48.5 Å². The third-order valence-electron chi connectivity index (χ3n) is 7.76. The van der Waals surface area contributed by atoms with Crippen LogP contribution >= 0.6 is 0 Å². The van der Waals surface area contributed by atoms with Crippen LogP contribution in [-0.4, -0.2) is 160 Å². The minimum atomic E-state index is 0.0712. The molecule has 0 aromatic heterocycles. The number of carbonyl (C=O) groups is 1. The van der Waals surface area contributed by atoms with Gasteiger partial charge < -0.3 is 29.8 Å². The summed E-state index contributed by atoms with van der Waals surface area (Å²) in [5.41, 5.74) is 0. The lowest BCUT2D eigenvalue weighted by Crippen LogP contribution is -2.57. The maximum Gasteiger partial charge on any atom is 0.216 e. The molecule has 0 radical (unpaired) electrons. The van der Waals surface area contributed by atoms with Gasteiger partial charge >= 0.3 is 0 Å². The van der Waals surface area contributed by atoms with Crippen LogP contribution in [0.1, 0.15) is 19.8 Å². The maximum absolute atomic E-state index is 11.4. The Kier molecular flexibility index (Phi) is 9.55. The van der Waals surface area contributed by atoms with E-state index in [9.17, 15) is 4.79 Å². The average Bonchev–Trinajstić information content (AvgIpc) is 3.38. The molecular formula is C23H47N7O. The monoisotopic (exact) mass is 437 g/mol. The van der Waals surface area contributed by atoms with Gasteiger partial charge in [-0.15, -0.1) is 0 Å². The molecule has 0 bridgehead atoms. The number of rotatable bonds is 10. The summed E-state index contributed by atoms with van der Waals surface area (Å²) in [4.78, 5) is 26.6. The van der Waals surface area contributed by atoms with E-state index in [1.165, 1.54) is 52.1 Å². The molecule has 3 aliphatic heterocycles. The van der Waals surface area contributed by atoms with Crippen molar-refractivity contribution in [3.05, 3.63) is 0 Å². The van der Waals surface area contributed by atoms with Crippen molar-refractivity contribution in [2.45, 2.75) is 37.9 Å². The molecule has 1 N–H and O–H groups in total. The van der Waals surface area contributed by atoms with Gasteiger partial charge in [0.1, 0.15) is 0 Å². The zero-order chi connectivity index (χ0) is 22.4. The van der Waals surface area contributed by atoms with Gasteiger partial charge in [0.2, 0.25) is 5.91 Å². The average molecular weight is 438 g/mol. The second-order valence-electron chi connectivity index (χ2n) is 10.3. The molecule has 0 aromatic carbocycles. The number of nitrogens with zero attached hydrogens (tertiary/aromatic N) is 6. The molecule has 3 fully saturated rings. The Balaban J connectivity index is 1.36. The number of likely N-dealkylation sites (tertiary alicyclic amines) is 2. The highest BCUT2D eigenvalue weighted by Gasteiger charge is 2.29. The van der Waals surface area contributed by atoms with Gasteiger partial charge in [0.25, 0.3) is 0 Å². The number of hydrogen-bond donors (Lipinski definition) is 1. The number of piperazine rings is 1. The first-order valence-electron chi connectivity index (χ1n) is 12.3. The summed E-state index contributed by atoms with van der Waals surface area (Å²) >= 11 is 0. The summed E-state index contributed by atoms with van der Waals surface area (Å²) in [5.74, 6) is 0.0712. The summed E-state index contributed by atoms with van der Waals surface area (Å²) in [6, 6.07) is 1.82. The third-order valence-corrected chi connectivity index (χ3v) is 7.76. The predicted molar refractivity (Wildman–Crippen MR) is 128 cm³/mol. The second-order valence-corrected chi connectivity index (χ2v) is 10.3. The minimum absolute atomic E-state index is 0.0712. The van der Waals surface area contributed by atoms with Crippen molar-refractivity contribution in [1.82, 2.24) is 34.7 Å². The molecule has 3 saturated heterocycles. The standard InChI is InChI=1S/C23H47N7O/c1-20(31)24-16-23-18-26(3)10-14-30(23)15-12-28(5)22-7-9-29(19-22)13-11-27(4)21-6-8-25(2)17-21/h21-23H,6-19H2,1-5H3,(H,24,31)/t21-,22+,23-/m1/s1. The Morgan fingerprint density at radius 3 is 2.19 bits per heavy atom. The van der Waals surface area contributed by atoms with Gasteiger partial charge in [0.15, 0.2) is 0 Å². The Morgan fingerprint density at radius 2 is 1.52 bits per heavy atom. The van der Waals surface area contributed by atoms with Crippen LogP contribution in [0.5, 0.6) is 0 Å². The number of amides is 1. The third kappa shape index (κ3) is 7.65. The smallest absolute Gasteiger partial charge is 0.216 e. The van der Waals surface area contributed by atoms with Crippen molar-refractivity contribution in [3.8, 4) is 0 Å².